The number of fused-ring (bicyclic) bond motifs is 1. The van der Waals surface area contributed by atoms with Crippen molar-refractivity contribution in [2.75, 3.05) is 30.3 Å². The van der Waals surface area contributed by atoms with Crippen LogP contribution in [-0.4, -0.2) is 85.3 Å². The summed E-state index contributed by atoms with van der Waals surface area (Å²) in [6.45, 7) is 3.09. The van der Waals surface area contributed by atoms with Crippen molar-refractivity contribution in [3.63, 3.8) is 0 Å². The first-order valence-corrected chi connectivity index (χ1v) is 15.3. The van der Waals surface area contributed by atoms with E-state index < -0.39 is 34.9 Å². The van der Waals surface area contributed by atoms with E-state index in [9.17, 15) is 29.1 Å². The number of nitrogen functional groups attached to an aromatic ring is 1. The predicted octanol–water partition coefficient (Wildman–Crippen LogP) is 2.81. The zero-order chi connectivity index (χ0) is 33.1. The van der Waals surface area contributed by atoms with Crippen molar-refractivity contribution >= 4 is 70.1 Å². The van der Waals surface area contributed by atoms with E-state index >= 15 is 0 Å². The second kappa shape index (κ2) is 11.3. The predicted molar refractivity (Wildman–Crippen MR) is 169 cm³/mol. The molecule has 13 nitrogen and oxygen atoms in total. The van der Waals surface area contributed by atoms with Crippen molar-refractivity contribution < 1.29 is 29.1 Å². The van der Waals surface area contributed by atoms with Crippen molar-refractivity contribution in [2.24, 2.45) is 0 Å². The summed E-state index contributed by atoms with van der Waals surface area (Å²) in [4.78, 5) is 74.5. The molecule has 1 saturated carbocycles. The average molecular weight is 669 g/mol. The van der Waals surface area contributed by atoms with Crippen LogP contribution in [0.25, 0.3) is 0 Å². The molecule has 0 spiro atoms. The van der Waals surface area contributed by atoms with E-state index in [1.807, 2.05) is 0 Å². The number of carbonyl (C=O) groups is 5. The summed E-state index contributed by atoms with van der Waals surface area (Å²) in [5.74, 6) is -2.94. The van der Waals surface area contributed by atoms with Gasteiger partial charge in [0.1, 0.15) is 22.8 Å². The molecule has 3 aliphatic rings. The molecule has 0 bridgehead atoms. The SMILES string of the molecule is CC(=O)N1CCN(C(=O)C2(NC(=O)c3cnc4n3[C@](C)(Cc3ccc(N)cc3)C(=O)N4c3cc(Cl)cc(Cl)c3)CC2)C(C(=O)O)C1. The third-order valence-corrected chi connectivity index (χ3v) is 9.29. The van der Waals surface area contributed by atoms with Crippen LogP contribution >= 0.6 is 23.2 Å². The molecule has 1 saturated heterocycles. The van der Waals surface area contributed by atoms with Crippen molar-refractivity contribution in [2.45, 2.75) is 50.2 Å². The van der Waals surface area contributed by atoms with Gasteiger partial charge in [-0.3, -0.25) is 23.7 Å². The summed E-state index contributed by atoms with van der Waals surface area (Å²) >= 11 is 12.6. The number of nitrogens with one attached hydrogen (secondary N) is 1. The lowest BCUT2D eigenvalue weighted by Gasteiger charge is -2.40. The molecular formula is C31H31Cl2N7O6. The highest BCUT2D eigenvalue weighted by Crippen LogP contribution is 2.44. The number of amides is 4. The molecule has 1 aliphatic carbocycles. The first-order valence-electron chi connectivity index (χ1n) is 14.6. The van der Waals surface area contributed by atoms with Gasteiger partial charge in [0.2, 0.25) is 17.8 Å². The van der Waals surface area contributed by atoms with Crippen LogP contribution in [0.5, 0.6) is 0 Å². The van der Waals surface area contributed by atoms with E-state index in [1.54, 1.807) is 47.9 Å². The number of carbonyl (C=O) groups excluding carboxylic acids is 4. The first-order chi connectivity index (χ1) is 21.7. The van der Waals surface area contributed by atoms with Gasteiger partial charge in [-0.2, -0.15) is 0 Å². The molecular weight excluding hydrogens is 637 g/mol. The number of anilines is 3. The number of nitrogens with two attached hydrogens (primary N) is 1. The fourth-order valence-electron chi connectivity index (χ4n) is 6.26. The van der Waals surface area contributed by atoms with Crippen LogP contribution in [0.1, 0.15) is 42.7 Å². The van der Waals surface area contributed by atoms with Gasteiger partial charge < -0.3 is 26.0 Å². The maximum Gasteiger partial charge on any atom is 0.328 e. The minimum atomic E-state index is -1.35. The Hall–Kier alpha value is -4.62. The average Bonchev–Trinajstić information content (AvgIpc) is 3.58. The van der Waals surface area contributed by atoms with Crippen LogP contribution in [0.3, 0.4) is 0 Å². The van der Waals surface area contributed by atoms with Gasteiger partial charge >= 0.3 is 5.97 Å². The maximum absolute atomic E-state index is 14.3. The zero-order valence-corrected chi connectivity index (χ0v) is 26.5. The van der Waals surface area contributed by atoms with E-state index in [4.69, 9.17) is 28.9 Å². The summed E-state index contributed by atoms with van der Waals surface area (Å²) in [5, 5.41) is 13.3. The van der Waals surface area contributed by atoms with E-state index in [1.165, 1.54) is 33.9 Å². The van der Waals surface area contributed by atoms with Gasteiger partial charge in [-0.15, -0.1) is 0 Å². The molecule has 6 rings (SSSR count). The van der Waals surface area contributed by atoms with Gasteiger partial charge in [-0.25, -0.2) is 14.7 Å². The van der Waals surface area contributed by atoms with Crippen LogP contribution in [0.4, 0.5) is 17.3 Å². The number of carboxylic acid groups (broad SMARTS) is 1. The highest BCUT2D eigenvalue weighted by atomic mass is 35.5. The number of hydrogen-bond donors (Lipinski definition) is 3. The molecule has 3 heterocycles. The Morgan fingerprint density at radius 1 is 1.07 bits per heavy atom. The van der Waals surface area contributed by atoms with Crippen molar-refractivity contribution in [3.8, 4) is 0 Å². The summed E-state index contributed by atoms with van der Waals surface area (Å²) < 4.78 is 1.54. The van der Waals surface area contributed by atoms with E-state index in [0.29, 0.717) is 34.3 Å². The van der Waals surface area contributed by atoms with E-state index in [0.717, 1.165) is 5.56 Å². The molecule has 2 atom stereocenters. The number of aliphatic carboxylic acids is 1. The number of halogens is 2. The molecule has 240 valence electrons. The second-order valence-electron chi connectivity index (χ2n) is 12.1. The Morgan fingerprint density at radius 3 is 2.30 bits per heavy atom. The smallest absolute Gasteiger partial charge is 0.328 e. The fourth-order valence-corrected chi connectivity index (χ4v) is 6.77. The van der Waals surface area contributed by atoms with Crippen molar-refractivity contribution in [1.82, 2.24) is 24.7 Å². The number of carboxylic acids is 1. The molecule has 1 aromatic heterocycles. The summed E-state index contributed by atoms with van der Waals surface area (Å²) in [5.41, 5.74) is 4.94. The van der Waals surface area contributed by atoms with Gasteiger partial charge in [-0.05, 0) is 55.7 Å². The molecule has 2 aromatic carbocycles. The Balaban J connectivity index is 1.34. The summed E-state index contributed by atoms with van der Waals surface area (Å²) in [6, 6.07) is 10.5. The van der Waals surface area contributed by atoms with Gasteiger partial charge in [0.05, 0.1) is 18.4 Å². The molecule has 0 radical (unpaired) electrons. The quantitative estimate of drug-likeness (QED) is 0.323. The number of aromatic nitrogens is 2. The molecule has 15 heteroatoms. The number of hydrogen-bond acceptors (Lipinski definition) is 7. The lowest BCUT2D eigenvalue weighted by atomic mass is 9.91. The van der Waals surface area contributed by atoms with Crippen LogP contribution in [0.2, 0.25) is 10.0 Å². The highest BCUT2D eigenvalue weighted by Gasteiger charge is 2.57. The summed E-state index contributed by atoms with van der Waals surface area (Å²) in [6.07, 6.45) is 2.11. The molecule has 1 unspecified atom stereocenters. The molecule has 2 aliphatic heterocycles. The monoisotopic (exact) mass is 667 g/mol. The normalized spacial score (nSPS) is 21.6. The van der Waals surface area contributed by atoms with E-state index in [-0.39, 0.29) is 49.5 Å². The van der Waals surface area contributed by atoms with Gasteiger partial charge in [-0.1, -0.05) is 35.3 Å². The van der Waals surface area contributed by atoms with Crippen molar-refractivity contribution in [1.29, 1.82) is 0 Å². The lowest BCUT2D eigenvalue weighted by molar-refractivity contribution is -0.157. The maximum atomic E-state index is 14.3. The number of imidazole rings is 1. The fraction of sp³-hybridized carbons (Fsp3) is 0.355. The number of benzene rings is 2. The largest absolute Gasteiger partial charge is 0.480 e. The van der Waals surface area contributed by atoms with Crippen LogP contribution < -0.4 is 16.0 Å². The van der Waals surface area contributed by atoms with Crippen molar-refractivity contribution in [3.05, 3.63) is 70.0 Å². The Kier molecular flexibility index (Phi) is 7.72. The number of rotatable bonds is 7. The minimum Gasteiger partial charge on any atom is -0.480 e. The van der Waals surface area contributed by atoms with E-state index in [2.05, 4.69) is 10.3 Å². The Bertz CT molecular complexity index is 1770. The zero-order valence-electron chi connectivity index (χ0n) is 25.0. The standard InChI is InChI=1S/C31H31Cl2N7O6/c1-17(41)37-9-10-38(24(16-37)26(43)44)28(46)31(7-8-31)36-25(42)23-15-35-29-39(22-12-19(32)11-20(33)13-22)27(45)30(2,40(23)29)14-18-3-5-21(34)6-4-18/h3-6,11-13,15,24H,7-10,14,16,34H2,1-2H3,(H,36,42)(H,43,44)/t24?,30-/m1/s1. The van der Waals surface area contributed by atoms with Crippen LogP contribution in [0.15, 0.2) is 48.7 Å². The third kappa shape index (κ3) is 5.32. The van der Waals surface area contributed by atoms with Gasteiger partial charge in [0.25, 0.3) is 11.8 Å². The molecule has 3 aromatic rings. The Labute approximate surface area is 273 Å². The second-order valence-corrected chi connectivity index (χ2v) is 13.0. The molecule has 2 fully saturated rings. The minimum absolute atomic E-state index is 0.0143. The van der Waals surface area contributed by atoms with Crippen LogP contribution in [0, 0.1) is 0 Å². The first kappa shape index (κ1) is 31.4. The molecule has 4 N–H and O–H groups in total. The highest BCUT2D eigenvalue weighted by molar-refractivity contribution is 6.35. The Morgan fingerprint density at radius 2 is 1.72 bits per heavy atom. The topological polar surface area (TPSA) is 171 Å². The van der Waals surface area contributed by atoms with Gasteiger partial charge in [0.15, 0.2) is 0 Å². The lowest BCUT2D eigenvalue weighted by Crippen LogP contribution is -2.63. The van der Waals surface area contributed by atoms with Gasteiger partial charge in [0, 0.05) is 42.2 Å². The van der Waals surface area contributed by atoms with Crippen LogP contribution in [-0.2, 0) is 31.1 Å². The summed E-state index contributed by atoms with van der Waals surface area (Å²) in [7, 11) is 0. The third-order valence-electron chi connectivity index (χ3n) is 8.85. The number of nitrogens with zero attached hydrogens (tertiary/aromatic N) is 5. The molecule has 4 amide bonds. The number of piperazine rings is 1. The molecule has 46 heavy (non-hydrogen) atoms.